The molecule has 2 N–H and O–H groups in total. The molecule has 1 unspecified atom stereocenters. The number of aromatic nitrogens is 1. The Balaban J connectivity index is 1.86. The maximum absolute atomic E-state index is 11.7. The van der Waals surface area contributed by atoms with Gasteiger partial charge < -0.3 is 10.1 Å². The van der Waals surface area contributed by atoms with Gasteiger partial charge in [0.2, 0.25) is 11.8 Å². The molecule has 2 rings (SSSR count). The monoisotopic (exact) mass is 253 g/mol. The van der Waals surface area contributed by atoms with Crippen molar-refractivity contribution in [2.24, 2.45) is 0 Å². The summed E-state index contributed by atoms with van der Waals surface area (Å²) < 4.78 is 5.02. The van der Waals surface area contributed by atoms with E-state index in [0.717, 1.165) is 17.2 Å². The van der Waals surface area contributed by atoms with Gasteiger partial charge in [0, 0.05) is 30.4 Å². The third-order valence-corrected chi connectivity index (χ3v) is 3.45. The second kappa shape index (κ2) is 5.88. The van der Waals surface area contributed by atoms with Crippen molar-refractivity contribution in [1.82, 2.24) is 15.6 Å². The van der Waals surface area contributed by atoms with Crippen LogP contribution in [0.5, 0.6) is 5.88 Å². The lowest BCUT2D eigenvalue weighted by Gasteiger charge is -2.10. The number of thioether (sulfide) groups is 1. The molecule has 1 saturated heterocycles. The van der Waals surface area contributed by atoms with E-state index in [2.05, 4.69) is 15.6 Å². The molecule has 1 atom stereocenters. The molecule has 0 aliphatic carbocycles. The molecule has 2 heterocycles. The third kappa shape index (κ3) is 3.34. The number of methoxy groups -OCH3 is 1. The van der Waals surface area contributed by atoms with Gasteiger partial charge in [-0.3, -0.25) is 10.1 Å². The summed E-state index contributed by atoms with van der Waals surface area (Å²) in [7, 11) is 1.57. The zero-order chi connectivity index (χ0) is 12.1. The first kappa shape index (κ1) is 12.2. The summed E-state index contributed by atoms with van der Waals surface area (Å²) in [5.74, 6) is 2.30. The van der Waals surface area contributed by atoms with Crippen LogP contribution in [0.25, 0.3) is 0 Å². The minimum absolute atomic E-state index is 0.0470. The topological polar surface area (TPSA) is 63.2 Å². The maximum Gasteiger partial charge on any atom is 0.238 e. The minimum Gasteiger partial charge on any atom is -0.481 e. The molecule has 1 aliphatic heterocycles. The van der Waals surface area contributed by atoms with E-state index in [-0.39, 0.29) is 11.9 Å². The van der Waals surface area contributed by atoms with Crippen molar-refractivity contribution in [3.8, 4) is 5.88 Å². The van der Waals surface area contributed by atoms with Gasteiger partial charge in [-0.2, -0.15) is 0 Å². The van der Waals surface area contributed by atoms with E-state index >= 15 is 0 Å². The highest BCUT2D eigenvalue weighted by Crippen LogP contribution is 2.11. The minimum atomic E-state index is -0.0660. The van der Waals surface area contributed by atoms with Gasteiger partial charge in [0.05, 0.1) is 13.2 Å². The van der Waals surface area contributed by atoms with Crippen LogP contribution in [0.3, 0.4) is 0 Å². The Labute approximate surface area is 104 Å². The fraction of sp³-hybridized carbons (Fsp3) is 0.455. The van der Waals surface area contributed by atoms with Gasteiger partial charge in [0.1, 0.15) is 0 Å². The summed E-state index contributed by atoms with van der Waals surface area (Å²) in [6, 6.07) is 3.61. The van der Waals surface area contributed by atoms with Gasteiger partial charge >= 0.3 is 0 Å². The van der Waals surface area contributed by atoms with Gasteiger partial charge in [0.25, 0.3) is 0 Å². The quantitative estimate of drug-likeness (QED) is 0.811. The van der Waals surface area contributed by atoms with Crippen LogP contribution in [0.2, 0.25) is 0 Å². The van der Waals surface area contributed by atoms with E-state index < -0.39 is 0 Å². The number of rotatable bonds is 4. The van der Waals surface area contributed by atoms with Gasteiger partial charge in [-0.1, -0.05) is 0 Å². The molecule has 0 saturated carbocycles. The van der Waals surface area contributed by atoms with Crippen LogP contribution in [-0.2, 0) is 11.3 Å². The molecular formula is C11H15N3O2S. The molecule has 1 fully saturated rings. The van der Waals surface area contributed by atoms with E-state index in [9.17, 15) is 4.79 Å². The summed E-state index contributed by atoms with van der Waals surface area (Å²) in [5, 5.41) is 6.02. The number of nitrogens with one attached hydrogen (secondary N) is 2. The third-order valence-electron chi connectivity index (χ3n) is 2.51. The second-order valence-electron chi connectivity index (χ2n) is 3.70. The highest BCUT2D eigenvalue weighted by atomic mass is 32.2. The molecule has 1 aliphatic rings. The van der Waals surface area contributed by atoms with Crippen LogP contribution in [-0.4, -0.2) is 35.7 Å². The molecule has 0 radical (unpaired) electrons. The average Bonchev–Trinajstić information content (AvgIpc) is 2.90. The zero-order valence-corrected chi connectivity index (χ0v) is 10.4. The fourth-order valence-corrected chi connectivity index (χ4v) is 2.49. The summed E-state index contributed by atoms with van der Waals surface area (Å²) in [5.41, 5.74) is 0.982. The fourth-order valence-electron chi connectivity index (χ4n) is 1.55. The molecule has 0 bridgehead atoms. The SMILES string of the molecule is COc1cc(CNC(=O)C2CSCN2)ccn1. The molecule has 0 aromatic carbocycles. The van der Waals surface area contributed by atoms with Crippen LogP contribution in [0, 0.1) is 0 Å². The predicted molar refractivity (Wildman–Crippen MR) is 66.9 cm³/mol. The number of carbonyl (C=O) groups is 1. The van der Waals surface area contributed by atoms with Crippen molar-refractivity contribution >= 4 is 17.7 Å². The van der Waals surface area contributed by atoms with Crippen molar-refractivity contribution < 1.29 is 9.53 Å². The number of nitrogens with zero attached hydrogens (tertiary/aromatic N) is 1. The highest BCUT2D eigenvalue weighted by Gasteiger charge is 2.21. The first-order valence-corrected chi connectivity index (χ1v) is 6.53. The molecule has 1 aromatic heterocycles. The standard InChI is InChI=1S/C11H15N3O2S/c1-16-10-4-8(2-3-12-10)5-13-11(15)9-6-17-7-14-9/h2-4,9,14H,5-7H2,1H3,(H,13,15). The van der Waals surface area contributed by atoms with E-state index in [1.165, 1.54) is 0 Å². The van der Waals surface area contributed by atoms with Crippen molar-refractivity contribution in [2.45, 2.75) is 12.6 Å². The lowest BCUT2D eigenvalue weighted by Crippen LogP contribution is -2.41. The summed E-state index contributed by atoms with van der Waals surface area (Å²) >= 11 is 1.74. The Morgan fingerprint density at radius 3 is 3.35 bits per heavy atom. The first-order chi connectivity index (χ1) is 8.29. The van der Waals surface area contributed by atoms with Gasteiger partial charge in [-0.15, -0.1) is 11.8 Å². The van der Waals surface area contributed by atoms with Gasteiger partial charge in [-0.25, -0.2) is 4.98 Å². The van der Waals surface area contributed by atoms with Gasteiger partial charge in [-0.05, 0) is 11.6 Å². The smallest absolute Gasteiger partial charge is 0.238 e. The summed E-state index contributed by atoms with van der Waals surface area (Å²) in [6.45, 7) is 0.501. The Morgan fingerprint density at radius 2 is 2.65 bits per heavy atom. The predicted octanol–water partition coefficient (Wildman–Crippen LogP) is 0.369. The normalized spacial score (nSPS) is 19.0. The average molecular weight is 253 g/mol. The van der Waals surface area contributed by atoms with Crippen molar-refractivity contribution in [3.63, 3.8) is 0 Å². The molecule has 92 valence electrons. The molecule has 1 aromatic rings. The van der Waals surface area contributed by atoms with E-state index in [4.69, 9.17) is 4.74 Å². The Hall–Kier alpha value is -1.27. The molecule has 5 nitrogen and oxygen atoms in total. The number of ether oxygens (including phenoxy) is 1. The number of hydrogen-bond donors (Lipinski definition) is 2. The summed E-state index contributed by atoms with van der Waals surface area (Å²) in [4.78, 5) is 15.8. The van der Waals surface area contributed by atoms with Crippen LogP contribution in [0.1, 0.15) is 5.56 Å². The van der Waals surface area contributed by atoms with Crippen molar-refractivity contribution in [2.75, 3.05) is 18.7 Å². The van der Waals surface area contributed by atoms with Gasteiger partial charge in [0.15, 0.2) is 0 Å². The Morgan fingerprint density at radius 1 is 1.76 bits per heavy atom. The second-order valence-corrected chi connectivity index (χ2v) is 4.73. The number of amides is 1. The molecule has 1 amide bonds. The van der Waals surface area contributed by atoms with Crippen molar-refractivity contribution in [3.05, 3.63) is 23.9 Å². The molecule has 17 heavy (non-hydrogen) atoms. The van der Waals surface area contributed by atoms with Crippen LogP contribution in [0.4, 0.5) is 0 Å². The number of hydrogen-bond acceptors (Lipinski definition) is 5. The first-order valence-electron chi connectivity index (χ1n) is 5.37. The van der Waals surface area contributed by atoms with Crippen molar-refractivity contribution in [1.29, 1.82) is 0 Å². The number of pyridine rings is 1. The molecular weight excluding hydrogens is 238 g/mol. The Kier molecular flexibility index (Phi) is 4.22. The lowest BCUT2D eigenvalue weighted by molar-refractivity contribution is -0.122. The van der Waals surface area contributed by atoms with E-state index in [1.54, 1.807) is 25.1 Å². The van der Waals surface area contributed by atoms with E-state index in [1.807, 2.05) is 12.1 Å². The Bertz CT molecular complexity index is 394. The largest absolute Gasteiger partial charge is 0.481 e. The van der Waals surface area contributed by atoms with Crippen LogP contribution < -0.4 is 15.4 Å². The highest BCUT2D eigenvalue weighted by molar-refractivity contribution is 7.99. The number of carbonyl (C=O) groups excluding carboxylic acids is 1. The summed E-state index contributed by atoms with van der Waals surface area (Å²) in [6.07, 6.45) is 1.67. The molecule has 0 spiro atoms. The van der Waals surface area contributed by atoms with Crippen LogP contribution >= 0.6 is 11.8 Å². The zero-order valence-electron chi connectivity index (χ0n) is 9.60. The van der Waals surface area contributed by atoms with Crippen LogP contribution in [0.15, 0.2) is 18.3 Å². The van der Waals surface area contributed by atoms with E-state index in [0.29, 0.717) is 12.4 Å². The maximum atomic E-state index is 11.7. The lowest BCUT2D eigenvalue weighted by atomic mass is 10.2. The molecule has 6 heteroatoms.